The molecule has 0 bridgehead atoms. The molecule has 1 aromatic rings. The number of likely N-dealkylation sites (tertiary alicyclic amines) is 1. The third kappa shape index (κ3) is 5.27. The number of hydrogen-bond acceptors (Lipinski definition) is 3. The molecule has 1 atom stereocenters. The van der Waals surface area contributed by atoms with Crippen molar-refractivity contribution in [2.75, 3.05) is 20.2 Å². The molecule has 1 fully saturated rings. The lowest BCUT2D eigenvalue weighted by atomic mass is 10.1. The second-order valence-electron chi connectivity index (χ2n) is 6.01. The van der Waals surface area contributed by atoms with Crippen LogP contribution in [0.3, 0.4) is 0 Å². The Morgan fingerprint density at radius 3 is 2.96 bits per heavy atom. The minimum absolute atomic E-state index is 0.0302. The molecule has 5 nitrogen and oxygen atoms in total. The lowest BCUT2D eigenvalue weighted by Gasteiger charge is -2.21. The summed E-state index contributed by atoms with van der Waals surface area (Å²) in [7, 11) is 1.63. The van der Waals surface area contributed by atoms with Gasteiger partial charge >= 0.3 is 0 Å². The summed E-state index contributed by atoms with van der Waals surface area (Å²) < 4.78 is 5.20. The fraction of sp³-hybridized carbons (Fsp3) is 0.556. The van der Waals surface area contributed by atoms with Gasteiger partial charge in [0, 0.05) is 25.9 Å². The molecule has 1 saturated heterocycles. The van der Waals surface area contributed by atoms with Crippen LogP contribution in [0.15, 0.2) is 24.3 Å². The fourth-order valence-corrected chi connectivity index (χ4v) is 2.82. The van der Waals surface area contributed by atoms with Crippen LogP contribution in [0, 0.1) is 0 Å². The van der Waals surface area contributed by atoms with Crippen LogP contribution < -0.4 is 10.1 Å². The van der Waals surface area contributed by atoms with Gasteiger partial charge in [-0.05, 0) is 37.5 Å². The molecular formula is C18H26N2O3. The van der Waals surface area contributed by atoms with Crippen LogP contribution in [0.25, 0.3) is 0 Å². The van der Waals surface area contributed by atoms with Crippen molar-refractivity contribution in [2.45, 2.75) is 45.1 Å². The highest BCUT2D eigenvalue weighted by Crippen LogP contribution is 2.19. The molecule has 0 radical (unpaired) electrons. The van der Waals surface area contributed by atoms with E-state index in [0.717, 1.165) is 37.1 Å². The number of ether oxygens (including phenoxy) is 1. The van der Waals surface area contributed by atoms with Crippen LogP contribution in [0.5, 0.6) is 5.75 Å². The van der Waals surface area contributed by atoms with Gasteiger partial charge in [0.15, 0.2) is 0 Å². The van der Waals surface area contributed by atoms with Gasteiger partial charge in [-0.2, -0.15) is 0 Å². The Hall–Kier alpha value is -2.04. The first-order valence-electron chi connectivity index (χ1n) is 8.31. The van der Waals surface area contributed by atoms with Crippen molar-refractivity contribution < 1.29 is 14.3 Å². The van der Waals surface area contributed by atoms with E-state index in [1.54, 1.807) is 7.11 Å². The molecular weight excluding hydrogens is 292 g/mol. The Bertz CT molecular complexity index is 545. The van der Waals surface area contributed by atoms with E-state index in [9.17, 15) is 9.59 Å². The summed E-state index contributed by atoms with van der Waals surface area (Å²) in [5.74, 6) is 0.923. The predicted octanol–water partition coefficient (Wildman–Crippen LogP) is 2.67. The van der Waals surface area contributed by atoms with E-state index in [4.69, 9.17) is 4.74 Å². The first kappa shape index (κ1) is 17.3. The minimum Gasteiger partial charge on any atom is -0.497 e. The van der Waals surface area contributed by atoms with Crippen molar-refractivity contribution >= 4 is 11.8 Å². The number of benzene rings is 1. The molecule has 1 aliphatic heterocycles. The lowest BCUT2D eigenvalue weighted by molar-refractivity contribution is -0.131. The van der Waals surface area contributed by atoms with Crippen molar-refractivity contribution in [1.29, 1.82) is 0 Å². The minimum atomic E-state index is -0.0857. The summed E-state index contributed by atoms with van der Waals surface area (Å²) in [6.45, 7) is 3.23. The molecule has 1 heterocycles. The monoisotopic (exact) mass is 318 g/mol. The van der Waals surface area contributed by atoms with Crippen LogP contribution in [0.4, 0.5) is 0 Å². The number of methoxy groups -OCH3 is 1. The van der Waals surface area contributed by atoms with Gasteiger partial charge in [-0.3, -0.25) is 9.59 Å². The van der Waals surface area contributed by atoms with E-state index in [0.29, 0.717) is 19.4 Å². The van der Waals surface area contributed by atoms with Crippen LogP contribution >= 0.6 is 0 Å². The van der Waals surface area contributed by atoms with E-state index in [-0.39, 0.29) is 17.9 Å². The summed E-state index contributed by atoms with van der Waals surface area (Å²) in [6.07, 6.45) is 4.06. The Kier molecular flexibility index (Phi) is 6.44. The average molecular weight is 318 g/mol. The second kappa shape index (κ2) is 8.56. The third-order valence-electron chi connectivity index (χ3n) is 4.25. The largest absolute Gasteiger partial charge is 0.497 e. The van der Waals surface area contributed by atoms with Crippen LogP contribution in [-0.4, -0.2) is 36.9 Å². The predicted molar refractivity (Wildman–Crippen MR) is 89.2 cm³/mol. The Labute approximate surface area is 138 Å². The molecule has 5 heteroatoms. The second-order valence-corrected chi connectivity index (χ2v) is 6.01. The molecule has 23 heavy (non-hydrogen) atoms. The molecule has 1 N–H and O–H groups in total. The van der Waals surface area contributed by atoms with Crippen LogP contribution in [0.1, 0.15) is 50.6 Å². The van der Waals surface area contributed by atoms with Gasteiger partial charge in [0.2, 0.25) is 11.8 Å². The zero-order chi connectivity index (χ0) is 16.7. The molecule has 126 valence electrons. The van der Waals surface area contributed by atoms with Gasteiger partial charge in [0.25, 0.3) is 0 Å². The van der Waals surface area contributed by atoms with Gasteiger partial charge in [0.1, 0.15) is 5.75 Å². The topological polar surface area (TPSA) is 58.6 Å². The van der Waals surface area contributed by atoms with E-state index < -0.39 is 0 Å². The van der Waals surface area contributed by atoms with E-state index in [2.05, 4.69) is 5.32 Å². The highest BCUT2D eigenvalue weighted by atomic mass is 16.5. The molecule has 2 rings (SSSR count). The zero-order valence-corrected chi connectivity index (χ0v) is 14.0. The Morgan fingerprint density at radius 2 is 2.17 bits per heavy atom. The number of carbonyl (C=O) groups is 2. The smallest absolute Gasteiger partial charge is 0.222 e. The normalized spacial score (nSPS) is 16.6. The standard InChI is InChI=1S/C18H26N2O3/c1-14(15-7-6-8-16(13-15)23-2)19-17(21)10-12-20-11-5-3-4-9-18(20)22/h6-8,13-14H,3-5,9-12H2,1-2H3,(H,19,21)/t14-/m1/s1. The first-order valence-corrected chi connectivity index (χ1v) is 8.31. The van der Waals surface area contributed by atoms with Crippen LogP contribution in [-0.2, 0) is 9.59 Å². The number of rotatable bonds is 6. The fourth-order valence-electron chi connectivity index (χ4n) is 2.82. The lowest BCUT2D eigenvalue weighted by Crippen LogP contribution is -2.35. The number of nitrogens with zero attached hydrogens (tertiary/aromatic N) is 1. The van der Waals surface area contributed by atoms with Gasteiger partial charge < -0.3 is 15.0 Å². The molecule has 0 spiro atoms. The Balaban J connectivity index is 1.82. The van der Waals surface area contributed by atoms with E-state index >= 15 is 0 Å². The molecule has 0 aliphatic carbocycles. The van der Waals surface area contributed by atoms with Crippen molar-refractivity contribution in [3.8, 4) is 5.75 Å². The molecule has 0 saturated carbocycles. The van der Waals surface area contributed by atoms with E-state index in [1.165, 1.54) is 0 Å². The van der Waals surface area contributed by atoms with E-state index in [1.807, 2.05) is 36.1 Å². The summed E-state index contributed by atoms with van der Waals surface area (Å²) in [5, 5.41) is 2.99. The summed E-state index contributed by atoms with van der Waals surface area (Å²) in [6, 6.07) is 7.59. The highest BCUT2D eigenvalue weighted by molar-refractivity contribution is 5.79. The first-order chi connectivity index (χ1) is 11.1. The SMILES string of the molecule is COc1cccc([C@@H](C)NC(=O)CCN2CCCCCC2=O)c1. The van der Waals surface area contributed by atoms with Gasteiger partial charge in [-0.15, -0.1) is 0 Å². The average Bonchev–Trinajstić information content (AvgIpc) is 2.77. The van der Waals surface area contributed by atoms with Gasteiger partial charge in [-0.25, -0.2) is 0 Å². The number of amides is 2. The van der Waals surface area contributed by atoms with Crippen molar-refractivity contribution in [2.24, 2.45) is 0 Å². The summed E-state index contributed by atoms with van der Waals surface area (Å²) in [4.78, 5) is 25.9. The van der Waals surface area contributed by atoms with Gasteiger partial charge in [0.05, 0.1) is 13.2 Å². The van der Waals surface area contributed by atoms with Gasteiger partial charge in [-0.1, -0.05) is 18.6 Å². The van der Waals surface area contributed by atoms with Crippen molar-refractivity contribution in [1.82, 2.24) is 10.2 Å². The number of nitrogens with one attached hydrogen (secondary N) is 1. The number of carbonyl (C=O) groups excluding carboxylic acids is 2. The molecule has 0 unspecified atom stereocenters. The highest BCUT2D eigenvalue weighted by Gasteiger charge is 2.18. The summed E-state index contributed by atoms with van der Waals surface area (Å²) >= 11 is 0. The quantitative estimate of drug-likeness (QED) is 0.877. The molecule has 2 amide bonds. The third-order valence-corrected chi connectivity index (χ3v) is 4.25. The van der Waals surface area contributed by atoms with Crippen molar-refractivity contribution in [3.05, 3.63) is 29.8 Å². The molecule has 1 aliphatic rings. The Morgan fingerprint density at radius 1 is 1.35 bits per heavy atom. The number of hydrogen-bond donors (Lipinski definition) is 1. The maximum absolute atomic E-state index is 12.1. The summed E-state index contributed by atoms with van der Waals surface area (Å²) in [5.41, 5.74) is 1.00. The van der Waals surface area contributed by atoms with Crippen LogP contribution in [0.2, 0.25) is 0 Å². The zero-order valence-electron chi connectivity index (χ0n) is 14.0. The van der Waals surface area contributed by atoms with Crippen molar-refractivity contribution in [3.63, 3.8) is 0 Å². The maximum Gasteiger partial charge on any atom is 0.222 e. The molecule has 1 aromatic carbocycles. The maximum atomic E-state index is 12.1. The molecule has 0 aromatic heterocycles.